The van der Waals surface area contributed by atoms with Gasteiger partial charge >= 0.3 is 0 Å². The van der Waals surface area contributed by atoms with E-state index in [1.54, 1.807) is 0 Å². The lowest BCUT2D eigenvalue weighted by Crippen LogP contribution is -2.51. The van der Waals surface area contributed by atoms with Crippen LogP contribution in [0.15, 0.2) is 0 Å². The number of morpholine rings is 1. The maximum Gasteiger partial charge on any atom is 0.239 e. The lowest BCUT2D eigenvalue weighted by Gasteiger charge is -2.33. The fraction of sp³-hybridized carbons (Fsp3) is 0.909. The van der Waals surface area contributed by atoms with Gasteiger partial charge in [0.05, 0.1) is 18.8 Å². The molecule has 1 aliphatic heterocycles. The number of hydrogen-bond donors (Lipinski definition) is 1. The molecule has 1 aliphatic rings. The standard InChI is InChI=1S/C11H22N2O2/c1-8(2)6-10(12)11(14)13-4-5-15-9(3)7-13/h8-10H,4-7,12H2,1-3H3/t9?,10-/m0/s1. The molecular weight excluding hydrogens is 192 g/mol. The van der Waals surface area contributed by atoms with E-state index in [0.717, 1.165) is 6.42 Å². The fourth-order valence-electron chi connectivity index (χ4n) is 1.86. The Morgan fingerprint density at radius 1 is 1.60 bits per heavy atom. The molecule has 2 N–H and O–H groups in total. The number of amides is 1. The molecule has 1 unspecified atom stereocenters. The first-order valence-corrected chi connectivity index (χ1v) is 5.66. The molecule has 0 radical (unpaired) electrons. The molecule has 1 heterocycles. The van der Waals surface area contributed by atoms with Gasteiger partial charge in [-0.05, 0) is 19.3 Å². The lowest BCUT2D eigenvalue weighted by molar-refractivity contribution is -0.139. The van der Waals surface area contributed by atoms with E-state index in [-0.39, 0.29) is 18.1 Å². The van der Waals surface area contributed by atoms with Gasteiger partial charge < -0.3 is 15.4 Å². The van der Waals surface area contributed by atoms with Gasteiger partial charge in [-0.3, -0.25) is 4.79 Å². The number of nitrogens with two attached hydrogens (primary N) is 1. The van der Waals surface area contributed by atoms with Crippen LogP contribution in [0.4, 0.5) is 0 Å². The summed E-state index contributed by atoms with van der Waals surface area (Å²) in [4.78, 5) is 13.7. The van der Waals surface area contributed by atoms with E-state index in [4.69, 9.17) is 10.5 Å². The molecule has 1 amide bonds. The van der Waals surface area contributed by atoms with Crippen molar-refractivity contribution in [3.8, 4) is 0 Å². The molecule has 0 bridgehead atoms. The van der Waals surface area contributed by atoms with E-state index in [0.29, 0.717) is 25.6 Å². The minimum atomic E-state index is -0.352. The SMILES string of the molecule is CC(C)C[C@H](N)C(=O)N1CCOC(C)C1. The molecule has 88 valence electrons. The van der Waals surface area contributed by atoms with E-state index < -0.39 is 0 Å². The molecule has 0 aliphatic carbocycles. The van der Waals surface area contributed by atoms with Crippen LogP contribution in [0, 0.1) is 5.92 Å². The summed E-state index contributed by atoms with van der Waals surface area (Å²) >= 11 is 0. The van der Waals surface area contributed by atoms with Crippen molar-refractivity contribution in [2.75, 3.05) is 19.7 Å². The van der Waals surface area contributed by atoms with Gasteiger partial charge in [-0.15, -0.1) is 0 Å². The molecule has 4 nitrogen and oxygen atoms in total. The monoisotopic (exact) mass is 214 g/mol. The van der Waals surface area contributed by atoms with E-state index in [1.807, 2.05) is 11.8 Å². The third-order valence-electron chi connectivity index (χ3n) is 2.60. The lowest BCUT2D eigenvalue weighted by atomic mass is 10.0. The highest BCUT2D eigenvalue weighted by molar-refractivity contribution is 5.81. The molecule has 0 aromatic heterocycles. The zero-order valence-electron chi connectivity index (χ0n) is 9.90. The van der Waals surface area contributed by atoms with Crippen LogP contribution in [0.25, 0.3) is 0 Å². The van der Waals surface area contributed by atoms with Crippen molar-refractivity contribution in [2.24, 2.45) is 11.7 Å². The van der Waals surface area contributed by atoms with Crippen molar-refractivity contribution >= 4 is 5.91 Å². The Kier molecular flexibility index (Phi) is 4.54. The first-order valence-electron chi connectivity index (χ1n) is 5.66. The highest BCUT2D eigenvalue weighted by atomic mass is 16.5. The largest absolute Gasteiger partial charge is 0.375 e. The minimum Gasteiger partial charge on any atom is -0.375 e. The number of rotatable bonds is 3. The molecule has 1 fully saturated rings. The third-order valence-corrected chi connectivity index (χ3v) is 2.60. The van der Waals surface area contributed by atoms with E-state index in [2.05, 4.69) is 13.8 Å². The molecule has 4 heteroatoms. The van der Waals surface area contributed by atoms with Gasteiger partial charge in [0.15, 0.2) is 0 Å². The molecule has 1 saturated heterocycles. The molecular formula is C11H22N2O2. The minimum absolute atomic E-state index is 0.0684. The molecule has 15 heavy (non-hydrogen) atoms. The maximum absolute atomic E-state index is 11.9. The first kappa shape index (κ1) is 12.5. The van der Waals surface area contributed by atoms with E-state index in [9.17, 15) is 4.79 Å². The zero-order chi connectivity index (χ0) is 11.4. The van der Waals surface area contributed by atoms with Crippen molar-refractivity contribution in [1.29, 1.82) is 0 Å². The zero-order valence-corrected chi connectivity index (χ0v) is 9.90. The second-order valence-corrected chi connectivity index (χ2v) is 4.70. The van der Waals surface area contributed by atoms with E-state index >= 15 is 0 Å². The second-order valence-electron chi connectivity index (χ2n) is 4.70. The summed E-state index contributed by atoms with van der Waals surface area (Å²) in [6.45, 7) is 8.11. The molecule has 2 atom stereocenters. The van der Waals surface area contributed by atoms with Crippen molar-refractivity contribution in [3.63, 3.8) is 0 Å². The highest BCUT2D eigenvalue weighted by Gasteiger charge is 2.25. The van der Waals surface area contributed by atoms with Gasteiger partial charge in [-0.25, -0.2) is 0 Å². The van der Waals surface area contributed by atoms with Crippen molar-refractivity contribution < 1.29 is 9.53 Å². The first-order chi connectivity index (χ1) is 7.00. The van der Waals surface area contributed by atoms with Crippen LogP contribution in [0.1, 0.15) is 27.2 Å². The van der Waals surface area contributed by atoms with Crippen LogP contribution in [0.3, 0.4) is 0 Å². The Labute approximate surface area is 91.8 Å². The van der Waals surface area contributed by atoms with Crippen LogP contribution in [-0.2, 0) is 9.53 Å². The van der Waals surface area contributed by atoms with Gasteiger partial charge in [0.2, 0.25) is 5.91 Å². The number of hydrogen-bond acceptors (Lipinski definition) is 3. The Morgan fingerprint density at radius 3 is 2.80 bits per heavy atom. The average Bonchev–Trinajstić information content (AvgIpc) is 2.15. The Bertz CT molecular complexity index is 219. The van der Waals surface area contributed by atoms with Gasteiger partial charge in [-0.1, -0.05) is 13.8 Å². The highest BCUT2D eigenvalue weighted by Crippen LogP contribution is 2.09. The predicted molar refractivity (Wildman–Crippen MR) is 59.4 cm³/mol. The number of carbonyl (C=O) groups is 1. The number of nitrogens with zero attached hydrogens (tertiary/aromatic N) is 1. The van der Waals surface area contributed by atoms with Crippen LogP contribution >= 0.6 is 0 Å². The van der Waals surface area contributed by atoms with Crippen LogP contribution < -0.4 is 5.73 Å². The molecule has 0 aromatic carbocycles. The van der Waals surface area contributed by atoms with Crippen LogP contribution in [0.5, 0.6) is 0 Å². The normalized spacial score (nSPS) is 24.3. The summed E-state index contributed by atoms with van der Waals surface area (Å²) < 4.78 is 5.38. The average molecular weight is 214 g/mol. The fourth-order valence-corrected chi connectivity index (χ4v) is 1.86. The summed E-state index contributed by atoms with van der Waals surface area (Å²) in [6.07, 6.45) is 0.888. The quantitative estimate of drug-likeness (QED) is 0.749. The van der Waals surface area contributed by atoms with Gasteiger partial charge in [0.1, 0.15) is 0 Å². The second kappa shape index (κ2) is 5.47. The van der Waals surface area contributed by atoms with Gasteiger partial charge in [0, 0.05) is 13.1 Å². The summed E-state index contributed by atoms with van der Waals surface area (Å²) in [5.41, 5.74) is 5.86. The summed E-state index contributed by atoms with van der Waals surface area (Å²) in [5.74, 6) is 0.529. The molecule has 1 rings (SSSR count). The summed E-state index contributed by atoms with van der Waals surface area (Å²) in [5, 5.41) is 0. The van der Waals surface area contributed by atoms with Crippen LogP contribution in [-0.4, -0.2) is 42.6 Å². The summed E-state index contributed by atoms with van der Waals surface area (Å²) in [7, 11) is 0. The van der Waals surface area contributed by atoms with Crippen LogP contribution in [0.2, 0.25) is 0 Å². The number of carbonyl (C=O) groups excluding carboxylic acids is 1. The number of ether oxygens (including phenoxy) is 1. The Balaban J connectivity index is 2.44. The smallest absolute Gasteiger partial charge is 0.239 e. The molecule has 0 saturated carbocycles. The van der Waals surface area contributed by atoms with Crippen molar-refractivity contribution in [2.45, 2.75) is 39.3 Å². The van der Waals surface area contributed by atoms with Gasteiger partial charge in [0.25, 0.3) is 0 Å². The Morgan fingerprint density at radius 2 is 2.27 bits per heavy atom. The molecule has 0 aromatic rings. The Hall–Kier alpha value is -0.610. The third kappa shape index (κ3) is 3.80. The van der Waals surface area contributed by atoms with Crippen molar-refractivity contribution in [1.82, 2.24) is 4.90 Å². The topological polar surface area (TPSA) is 55.6 Å². The summed E-state index contributed by atoms with van der Waals surface area (Å²) in [6, 6.07) is -0.352. The maximum atomic E-state index is 11.9. The molecule has 0 spiro atoms. The van der Waals surface area contributed by atoms with Crippen molar-refractivity contribution in [3.05, 3.63) is 0 Å². The van der Waals surface area contributed by atoms with Gasteiger partial charge in [-0.2, -0.15) is 0 Å². The van der Waals surface area contributed by atoms with E-state index in [1.165, 1.54) is 0 Å². The predicted octanol–water partition coefficient (Wildman–Crippen LogP) is 0.607.